The van der Waals surface area contributed by atoms with E-state index in [1.54, 1.807) is 0 Å². The largest absolute Gasteiger partial charge is 0.414 e. The van der Waals surface area contributed by atoms with Crippen LogP contribution in [0.4, 0.5) is 0 Å². The lowest BCUT2D eigenvalue weighted by atomic mass is 10.0. The summed E-state index contributed by atoms with van der Waals surface area (Å²) in [6, 6.07) is 5.91. The molecule has 0 saturated heterocycles. The number of benzene rings is 1. The zero-order chi connectivity index (χ0) is 11.2. The lowest BCUT2D eigenvalue weighted by Gasteiger charge is -2.07. The van der Waals surface area contributed by atoms with Crippen LogP contribution in [0.3, 0.4) is 0 Å². The van der Waals surface area contributed by atoms with Crippen LogP contribution in [0.1, 0.15) is 24.8 Å². The maximum Gasteiger partial charge on any atom is 0.396 e. The molecule has 4 heteroatoms. The maximum absolute atomic E-state index is 11.2. The highest BCUT2D eigenvalue weighted by atomic mass is 32.1. The third kappa shape index (κ3) is 1.79. The third-order valence-corrected chi connectivity index (χ3v) is 4.01. The van der Waals surface area contributed by atoms with Gasteiger partial charge in [-0.2, -0.15) is 0 Å². The Bertz CT molecular complexity index is 580. The van der Waals surface area contributed by atoms with Crippen molar-refractivity contribution in [2.75, 3.05) is 0 Å². The Balaban J connectivity index is 1.93. The molecule has 0 atom stereocenters. The molecule has 0 radical (unpaired) electrons. The minimum absolute atomic E-state index is 0.0540. The van der Waals surface area contributed by atoms with Gasteiger partial charge in [-0.15, -0.1) is 0 Å². The smallest absolute Gasteiger partial charge is 0.396 e. The highest BCUT2D eigenvalue weighted by Gasteiger charge is 2.37. The van der Waals surface area contributed by atoms with Gasteiger partial charge < -0.3 is 10.2 Å². The summed E-state index contributed by atoms with van der Waals surface area (Å²) >= 11 is 1.16. The minimum atomic E-state index is -0.226. The van der Waals surface area contributed by atoms with Crippen molar-refractivity contribution in [2.45, 2.75) is 31.2 Å². The summed E-state index contributed by atoms with van der Waals surface area (Å²) in [7, 11) is 0. The van der Waals surface area contributed by atoms with Crippen LogP contribution in [0.15, 0.2) is 27.4 Å². The fraction of sp³-hybridized carbons (Fsp3) is 0.417. The summed E-state index contributed by atoms with van der Waals surface area (Å²) in [6.45, 7) is 0. The van der Waals surface area contributed by atoms with E-state index in [2.05, 4.69) is 0 Å². The van der Waals surface area contributed by atoms with E-state index < -0.39 is 0 Å². The number of hydrogen-bond acceptors (Lipinski definition) is 4. The monoisotopic (exact) mass is 235 g/mol. The lowest BCUT2D eigenvalue weighted by Crippen LogP contribution is -2.22. The average molecular weight is 235 g/mol. The molecule has 84 valence electrons. The number of fused-ring (bicyclic) bond motifs is 1. The standard InChI is InChI=1S/C12H13NO2S/c13-12(6-7-12)5-4-8-2-1-3-9-10(8)15-11(14)16-9/h1-3H,4-7,13H2. The molecule has 0 amide bonds. The van der Waals surface area contributed by atoms with Gasteiger partial charge in [0.15, 0.2) is 5.58 Å². The van der Waals surface area contributed by atoms with E-state index in [1.165, 1.54) is 0 Å². The molecule has 1 fully saturated rings. The van der Waals surface area contributed by atoms with E-state index in [9.17, 15) is 4.79 Å². The van der Waals surface area contributed by atoms with Gasteiger partial charge in [-0.1, -0.05) is 23.5 Å². The van der Waals surface area contributed by atoms with Crippen molar-refractivity contribution in [3.05, 3.63) is 33.5 Å². The summed E-state index contributed by atoms with van der Waals surface area (Å²) in [6.07, 6.45) is 4.12. The molecule has 0 aliphatic heterocycles. The molecule has 3 rings (SSSR count). The van der Waals surface area contributed by atoms with E-state index in [4.69, 9.17) is 10.2 Å². The summed E-state index contributed by atoms with van der Waals surface area (Å²) < 4.78 is 6.14. The predicted octanol–water partition coefficient (Wildman–Crippen LogP) is 2.28. The van der Waals surface area contributed by atoms with Gasteiger partial charge in [-0.3, -0.25) is 0 Å². The second kappa shape index (κ2) is 3.43. The summed E-state index contributed by atoms with van der Waals surface area (Å²) in [4.78, 5) is 11.0. The van der Waals surface area contributed by atoms with E-state index in [1.807, 2.05) is 18.2 Å². The molecule has 1 heterocycles. The van der Waals surface area contributed by atoms with Gasteiger partial charge in [0.1, 0.15) is 0 Å². The Hall–Kier alpha value is -1.13. The minimum Gasteiger partial charge on any atom is -0.414 e. The Kier molecular flexibility index (Phi) is 2.16. The lowest BCUT2D eigenvalue weighted by molar-refractivity contribution is 0.570. The average Bonchev–Trinajstić information content (AvgIpc) is 2.86. The highest BCUT2D eigenvalue weighted by molar-refractivity contribution is 7.16. The normalized spacial score (nSPS) is 17.8. The fourth-order valence-corrected chi connectivity index (χ4v) is 2.66. The van der Waals surface area contributed by atoms with E-state index in [0.717, 1.165) is 52.9 Å². The highest BCUT2D eigenvalue weighted by Crippen LogP contribution is 2.37. The first-order chi connectivity index (χ1) is 7.66. The fourth-order valence-electron chi connectivity index (χ4n) is 1.94. The van der Waals surface area contributed by atoms with Crippen molar-refractivity contribution in [1.29, 1.82) is 0 Å². The number of hydrogen-bond donors (Lipinski definition) is 1. The molecular weight excluding hydrogens is 222 g/mol. The Labute approximate surface area is 96.9 Å². The van der Waals surface area contributed by atoms with Crippen LogP contribution >= 0.6 is 11.3 Å². The predicted molar refractivity (Wildman–Crippen MR) is 64.8 cm³/mol. The summed E-state index contributed by atoms with van der Waals surface area (Å²) in [5, 5.41) is 0. The Morgan fingerprint density at radius 1 is 1.44 bits per heavy atom. The van der Waals surface area contributed by atoms with Crippen molar-refractivity contribution in [1.82, 2.24) is 0 Å². The molecule has 1 aromatic heterocycles. The first-order valence-corrected chi connectivity index (χ1v) is 6.28. The van der Waals surface area contributed by atoms with Crippen molar-refractivity contribution < 1.29 is 4.42 Å². The van der Waals surface area contributed by atoms with Crippen LogP contribution in [0.2, 0.25) is 0 Å². The van der Waals surface area contributed by atoms with Gasteiger partial charge in [0.25, 0.3) is 0 Å². The van der Waals surface area contributed by atoms with Crippen LogP contribution in [-0.4, -0.2) is 5.54 Å². The van der Waals surface area contributed by atoms with Crippen molar-refractivity contribution in [2.24, 2.45) is 5.73 Å². The molecule has 2 N–H and O–H groups in total. The van der Waals surface area contributed by atoms with E-state index in [0.29, 0.717) is 0 Å². The second-order valence-electron chi connectivity index (χ2n) is 4.56. The molecule has 1 saturated carbocycles. The van der Waals surface area contributed by atoms with Crippen LogP contribution in [0.5, 0.6) is 0 Å². The number of nitrogens with two attached hydrogens (primary N) is 1. The second-order valence-corrected chi connectivity index (χ2v) is 5.54. The van der Waals surface area contributed by atoms with Crippen molar-refractivity contribution in [3.8, 4) is 0 Å². The molecule has 0 bridgehead atoms. The van der Waals surface area contributed by atoms with Crippen LogP contribution in [0.25, 0.3) is 10.3 Å². The van der Waals surface area contributed by atoms with Crippen LogP contribution in [-0.2, 0) is 6.42 Å². The molecule has 0 unspecified atom stereocenters. The number of rotatable bonds is 3. The molecule has 2 aromatic rings. The van der Waals surface area contributed by atoms with Crippen LogP contribution in [0, 0.1) is 0 Å². The molecule has 3 nitrogen and oxygen atoms in total. The molecule has 1 aromatic carbocycles. The molecule has 1 aliphatic rings. The molecule has 1 aliphatic carbocycles. The zero-order valence-electron chi connectivity index (χ0n) is 8.86. The zero-order valence-corrected chi connectivity index (χ0v) is 9.68. The Morgan fingerprint density at radius 2 is 2.25 bits per heavy atom. The first kappa shape index (κ1) is 10.1. The van der Waals surface area contributed by atoms with Gasteiger partial charge in [0.2, 0.25) is 0 Å². The first-order valence-electron chi connectivity index (χ1n) is 5.47. The van der Waals surface area contributed by atoms with Gasteiger partial charge >= 0.3 is 4.94 Å². The topological polar surface area (TPSA) is 56.2 Å². The van der Waals surface area contributed by atoms with Gasteiger partial charge in [-0.05, 0) is 37.3 Å². The van der Waals surface area contributed by atoms with Gasteiger partial charge in [0.05, 0.1) is 4.70 Å². The van der Waals surface area contributed by atoms with Crippen molar-refractivity contribution in [3.63, 3.8) is 0 Å². The van der Waals surface area contributed by atoms with E-state index >= 15 is 0 Å². The number of aryl methyl sites for hydroxylation is 1. The molecule has 16 heavy (non-hydrogen) atoms. The Morgan fingerprint density at radius 3 is 3.00 bits per heavy atom. The van der Waals surface area contributed by atoms with E-state index in [-0.39, 0.29) is 10.5 Å². The molecular formula is C12H13NO2S. The van der Waals surface area contributed by atoms with Crippen molar-refractivity contribution >= 4 is 21.6 Å². The molecule has 0 spiro atoms. The van der Waals surface area contributed by atoms with Crippen LogP contribution < -0.4 is 10.7 Å². The van der Waals surface area contributed by atoms with Gasteiger partial charge in [0, 0.05) is 5.54 Å². The summed E-state index contributed by atoms with van der Waals surface area (Å²) in [5.41, 5.74) is 7.96. The SMILES string of the molecule is NC1(CCc2cccc3sc(=O)oc23)CC1. The maximum atomic E-state index is 11.2. The third-order valence-electron chi connectivity index (χ3n) is 3.22. The van der Waals surface area contributed by atoms with Gasteiger partial charge in [-0.25, -0.2) is 4.79 Å². The number of para-hydroxylation sites is 1. The summed E-state index contributed by atoms with van der Waals surface area (Å²) in [5.74, 6) is 0. The quantitative estimate of drug-likeness (QED) is 0.888.